The van der Waals surface area contributed by atoms with Gasteiger partial charge >= 0.3 is 11.0 Å². The molecule has 0 fully saturated rings. The Bertz CT molecular complexity index is 1050. The lowest BCUT2D eigenvalue weighted by Crippen LogP contribution is -2.36. The Morgan fingerprint density at radius 3 is 1.88 bits per heavy atom. The number of sulfonamides is 2. The fourth-order valence-corrected chi connectivity index (χ4v) is 4.18. The molecule has 0 saturated heterocycles. The van der Waals surface area contributed by atoms with Gasteiger partial charge in [-0.3, -0.25) is 0 Å². The van der Waals surface area contributed by atoms with Crippen molar-refractivity contribution in [1.82, 2.24) is 4.57 Å². The van der Waals surface area contributed by atoms with Gasteiger partial charge in [-0.2, -0.15) is 26.3 Å². The second kappa shape index (κ2) is 11.3. The summed E-state index contributed by atoms with van der Waals surface area (Å²) in [6, 6.07) is 10.6. The van der Waals surface area contributed by atoms with E-state index in [9.17, 15) is 43.2 Å². The molecule has 2 aromatic rings. The quantitative estimate of drug-likeness (QED) is 0.292. The maximum Gasteiger partial charge on any atom is 0.480 e. The standard InChI is InChI=1S/C16H23N2.C2F6NO4S2/c1-3-4-8-11-17-12-13-18(15(17)2)14-16-9-6-5-7-10-16;3-1(4,5)14(10,11)9-15(12,13)2(6,7)8/h5-7,9-10,12-13H,3-4,8,11,14H2,1-2H3;/q+1;-1. The van der Waals surface area contributed by atoms with Crippen LogP contribution in [0.5, 0.6) is 0 Å². The number of alkyl halides is 6. The van der Waals surface area contributed by atoms with Gasteiger partial charge in [-0.05, 0) is 18.4 Å². The number of aryl methyl sites for hydroxylation is 1. The second-order valence-corrected chi connectivity index (χ2v) is 10.2. The summed E-state index contributed by atoms with van der Waals surface area (Å²) < 4.78 is 114. The van der Waals surface area contributed by atoms with Crippen LogP contribution in [0.2, 0.25) is 0 Å². The monoisotopic (exact) mass is 523 g/mol. The third-order valence-electron chi connectivity index (χ3n) is 4.24. The molecular weight excluding hydrogens is 500 g/mol. The van der Waals surface area contributed by atoms with Crippen LogP contribution in [0.1, 0.15) is 37.6 Å². The van der Waals surface area contributed by atoms with Crippen molar-refractivity contribution < 1.29 is 47.7 Å². The number of halogens is 6. The van der Waals surface area contributed by atoms with Crippen molar-refractivity contribution in [3.63, 3.8) is 0 Å². The molecule has 0 aliphatic carbocycles. The zero-order valence-electron chi connectivity index (χ0n) is 17.6. The van der Waals surface area contributed by atoms with Crippen LogP contribution in [0.4, 0.5) is 26.3 Å². The molecule has 0 amide bonds. The van der Waals surface area contributed by atoms with E-state index in [1.807, 2.05) is 0 Å². The molecular formula is C18H23F6N3O4S2. The molecule has 0 unspecified atom stereocenters. The largest absolute Gasteiger partial charge is 0.480 e. The van der Waals surface area contributed by atoms with E-state index in [1.165, 1.54) is 30.7 Å². The molecule has 1 aromatic carbocycles. The topological polar surface area (TPSA) is 91.2 Å². The van der Waals surface area contributed by atoms with Crippen LogP contribution in [-0.2, 0) is 33.1 Å². The summed E-state index contributed by atoms with van der Waals surface area (Å²) >= 11 is 0. The Labute approximate surface area is 188 Å². The molecule has 0 spiro atoms. The first-order chi connectivity index (χ1) is 15.0. The minimum atomic E-state index is -6.72. The van der Waals surface area contributed by atoms with Gasteiger partial charge in [0.2, 0.25) is 0 Å². The number of aromatic nitrogens is 2. The average molecular weight is 524 g/mol. The van der Waals surface area contributed by atoms with Crippen molar-refractivity contribution in [3.05, 3.63) is 58.2 Å². The summed E-state index contributed by atoms with van der Waals surface area (Å²) in [4.78, 5) is 0. The van der Waals surface area contributed by atoms with Gasteiger partial charge in [0, 0.05) is 6.92 Å². The molecule has 0 aliphatic rings. The number of benzene rings is 1. The maximum absolute atomic E-state index is 11.4. The minimum absolute atomic E-state index is 0.778. The molecule has 2 rings (SSSR count). The number of rotatable bonds is 8. The first-order valence-corrected chi connectivity index (χ1v) is 12.4. The molecule has 7 nitrogen and oxygen atoms in total. The van der Waals surface area contributed by atoms with Crippen LogP contribution in [0.25, 0.3) is 4.13 Å². The van der Waals surface area contributed by atoms with Gasteiger partial charge in [-0.1, -0.05) is 43.7 Å². The van der Waals surface area contributed by atoms with Gasteiger partial charge in [0.05, 0.1) is 6.54 Å². The molecule has 0 bridgehead atoms. The van der Waals surface area contributed by atoms with Crippen LogP contribution >= 0.6 is 0 Å². The normalized spacial score (nSPS) is 12.8. The molecule has 33 heavy (non-hydrogen) atoms. The van der Waals surface area contributed by atoms with E-state index in [4.69, 9.17) is 0 Å². The molecule has 1 heterocycles. The molecule has 1 aromatic heterocycles. The summed E-state index contributed by atoms with van der Waals surface area (Å²) in [6.07, 6.45) is 8.26. The van der Waals surface area contributed by atoms with Gasteiger partial charge in [0.1, 0.15) is 18.9 Å². The number of imidazole rings is 1. The van der Waals surface area contributed by atoms with Crippen LogP contribution in [0.15, 0.2) is 42.7 Å². The molecule has 0 N–H and O–H groups in total. The van der Waals surface area contributed by atoms with Crippen LogP contribution in [-0.4, -0.2) is 32.4 Å². The average Bonchev–Trinajstić information content (AvgIpc) is 3.01. The zero-order chi connectivity index (χ0) is 25.5. The third-order valence-corrected chi connectivity index (χ3v) is 6.98. The van der Waals surface area contributed by atoms with Crippen molar-refractivity contribution in [3.8, 4) is 0 Å². The molecule has 0 saturated carbocycles. The molecule has 0 atom stereocenters. The van der Waals surface area contributed by atoms with Crippen LogP contribution in [0.3, 0.4) is 0 Å². The predicted octanol–water partition coefficient (Wildman–Crippen LogP) is 4.38. The van der Waals surface area contributed by atoms with Gasteiger partial charge in [-0.25, -0.2) is 26.0 Å². The third kappa shape index (κ3) is 8.62. The second-order valence-electron chi connectivity index (χ2n) is 6.78. The van der Waals surface area contributed by atoms with E-state index in [1.54, 1.807) is 0 Å². The van der Waals surface area contributed by atoms with Crippen molar-refractivity contribution >= 4 is 20.0 Å². The molecule has 0 aliphatic heterocycles. The highest BCUT2D eigenvalue weighted by Crippen LogP contribution is 2.36. The fraction of sp³-hybridized carbons (Fsp3) is 0.500. The van der Waals surface area contributed by atoms with Crippen molar-refractivity contribution in [2.45, 2.75) is 57.2 Å². The first-order valence-electron chi connectivity index (χ1n) is 9.47. The number of unbranched alkanes of at least 4 members (excludes halogenated alkanes) is 2. The van der Waals surface area contributed by atoms with Gasteiger partial charge in [0.25, 0.3) is 5.82 Å². The zero-order valence-corrected chi connectivity index (χ0v) is 19.3. The van der Waals surface area contributed by atoms with E-state index in [-0.39, 0.29) is 0 Å². The molecule has 15 heteroatoms. The summed E-state index contributed by atoms with van der Waals surface area (Å²) in [5.74, 6) is 1.34. The fourth-order valence-electron chi connectivity index (χ4n) is 2.47. The van der Waals surface area contributed by atoms with E-state index in [0.29, 0.717) is 0 Å². The Kier molecular flexibility index (Phi) is 9.93. The van der Waals surface area contributed by atoms with Crippen molar-refractivity contribution in [2.75, 3.05) is 0 Å². The molecule has 188 valence electrons. The van der Waals surface area contributed by atoms with Gasteiger partial charge in [0.15, 0.2) is 20.0 Å². The Morgan fingerprint density at radius 1 is 0.909 bits per heavy atom. The summed E-state index contributed by atoms with van der Waals surface area (Å²) in [7, 11) is -13.4. The lowest BCUT2D eigenvalue weighted by atomic mass is 10.2. The summed E-state index contributed by atoms with van der Waals surface area (Å²) in [6.45, 7) is 6.56. The number of nitrogens with zero attached hydrogens (tertiary/aromatic N) is 3. The lowest BCUT2D eigenvalue weighted by Gasteiger charge is -2.22. The highest BCUT2D eigenvalue weighted by molar-refractivity contribution is 8.13. The van der Waals surface area contributed by atoms with Gasteiger partial charge in [-0.15, -0.1) is 0 Å². The maximum atomic E-state index is 11.4. The van der Waals surface area contributed by atoms with E-state index < -0.39 is 31.1 Å². The minimum Gasteiger partial charge on any atom is -0.421 e. The number of hydrogen-bond donors (Lipinski definition) is 0. The summed E-state index contributed by atoms with van der Waals surface area (Å²) in [5.41, 5.74) is -11.0. The van der Waals surface area contributed by atoms with E-state index in [0.717, 1.165) is 17.2 Å². The van der Waals surface area contributed by atoms with E-state index >= 15 is 0 Å². The molecule has 0 radical (unpaired) electrons. The highest BCUT2D eigenvalue weighted by atomic mass is 32.3. The van der Waals surface area contributed by atoms with E-state index in [2.05, 4.69) is 65.7 Å². The SMILES string of the molecule is CCCCCn1cc[n+](Cc2ccccc2)c1C.O=S(=O)([N-]S(=O)(=O)C(F)(F)F)C(F)(F)F. The Morgan fingerprint density at radius 2 is 1.42 bits per heavy atom. The highest BCUT2D eigenvalue weighted by Gasteiger charge is 2.46. The van der Waals surface area contributed by atoms with Gasteiger partial charge < -0.3 is 4.13 Å². The Hall–Kier alpha value is -2.13. The first kappa shape index (κ1) is 28.9. The lowest BCUT2D eigenvalue weighted by molar-refractivity contribution is -0.694. The summed E-state index contributed by atoms with van der Waals surface area (Å²) in [5, 5.41) is 0. The number of hydrogen-bond acceptors (Lipinski definition) is 4. The Balaban J connectivity index is 0.000000337. The van der Waals surface area contributed by atoms with Crippen molar-refractivity contribution in [1.29, 1.82) is 0 Å². The van der Waals surface area contributed by atoms with Crippen molar-refractivity contribution in [2.24, 2.45) is 0 Å². The predicted molar refractivity (Wildman–Crippen MR) is 108 cm³/mol. The van der Waals surface area contributed by atoms with Crippen LogP contribution in [0, 0.1) is 6.92 Å². The van der Waals surface area contributed by atoms with Crippen LogP contribution < -0.4 is 4.57 Å². The smallest absolute Gasteiger partial charge is 0.421 e.